The molecule has 0 aliphatic heterocycles. The minimum absolute atomic E-state index is 0.0330. The van der Waals surface area contributed by atoms with Gasteiger partial charge < -0.3 is 20.5 Å². The van der Waals surface area contributed by atoms with Gasteiger partial charge in [0.05, 0.1) is 24.3 Å². The van der Waals surface area contributed by atoms with E-state index in [2.05, 4.69) is 5.32 Å². The minimum atomic E-state index is 0.0330. The normalized spacial score (nSPS) is 10.3. The third kappa shape index (κ3) is 3.10. The number of methoxy groups -OCH3 is 2. The Kier molecular flexibility index (Phi) is 5.24. The number of thiophene rings is 1. The fraction of sp³-hybridized carbons (Fsp3) is 0.545. The highest BCUT2D eigenvalue weighted by Crippen LogP contribution is 2.42. The molecule has 6 heteroatoms. The van der Waals surface area contributed by atoms with Crippen LogP contribution in [0.5, 0.6) is 5.75 Å². The van der Waals surface area contributed by atoms with Crippen LogP contribution in [0.4, 0.5) is 10.7 Å². The predicted octanol–water partition coefficient (Wildman–Crippen LogP) is 1.99. The molecule has 5 nitrogen and oxygen atoms in total. The third-order valence-electron chi connectivity index (χ3n) is 2.27. The van der Waals surface area contributed by atoms with Crippen molar-refractivity contribution in [2.75, 3.05) is 38.4 Å². The Labute approximate surface area is 105 Å². The first-order chi connectivity index (χ1) is 8.15. The number of hydrogen-bond acceptors (Lipinski definition) is 6. The molecule has 96 valence electrons. The summed E-state index contributed by atoms with van der Waals surface area (Å²) in [6.07, 6.45) is 0.436. The summed E-state index contributed by atoms with van der Waals surface area (Å²) in [6.45, 7) is 3.04. The number of carbonyl (C=O) groups excluding carboxylic acids is 1. The maximum atomic E-state index is 11.7. The summed E-state index contributed by atoms with van der Waals surface area (Å²) in [5.41, 5.74) is 6.31. The van der Waals surface area contributed by atoms with Crippen LogP contribution in [0.25, 0.3) is 0 Å². The van der Waals surface area contributed by atoms with E-state index in [-0.39, 0.29) is 5.78 Å². The lowest BCUT2D eigenvalue weighted by Crippen LogP contribution is -2.07. The van der Waals surface area contributed by atoms with E-state index in [4.69, 9.17) is 15.2 Å². The van der Waals surface area contributed by atoms with Crippen molar-refractivity contribution in [2.24, 2.45) is 0 Å². The van der Waals surface area contributed by atoms with Gasteiger partial charge in [-0.2, -0.15) is 0 Å². The number of nitrogens with one attached hydrogen (secondary N) is 1. The number of hydrogen-bond donors (Lipinski definition) is 2. The minimum Gasteiger partial charge on any atom is -0.492 e. The van der Waals surface area contributed by atoms with Crippen LogP contribution in [0.1, 0.15) is 23.0 Å². The summed E-state index contributed by atoms with van der Waals surface area (Å²) >= 11 is 1.33. The Bertz CT molecular complexity index is 390. The number of nitrogen functional groups attached to an aromatic ring is 1. The fourth-order valence-corrected chi connectivity index (χ4v) is 2.51. The Morgan fingerprint density at radius 2 is 2.18 bits per heavy atom. The summed E-state index contributed by atoms with van der Waals surface area (Å²) < 4.78 is 10.2. The molecule has 0 saturated carbocycles. The molecule has 0 aromatic carbocycles. The molecule has 0 unspecified atom stereocenters. The Morgan fingerprint density at radius 3 is 2.71 bits per heavy atom. The molecule has 17 heavy (non-hydrogen) atoms. The van der Waals surface area contributed by atoms with Crippen molar-refractivity contribution in [1.82, 2.24) is 0 Å². The molecule has 0 aliphatic carbocycles. The lowest BCUT2D eigenvalue weighted by Gasteiger charge is -2.05. The number of rotatable bonds is 7. The first-order valence-electron chi connectivity index (χ1n) is 5.37. The summed E-state index contributed by atoms with van der Waals surface area (Å²) in [7, 11) is 3.17. The fourth-order valence-electron chi connectivity index (χ4n) is 1.38. The van der Waals surface area contributed by atoms with Crippen LogP contribution in [-0.4, -0.2) is 33.2 Å². The van der Waals surface area contributed by atoms with Crippen LogP contribution in [0, 0.1) is 0 Å². The highest BCUT2D eigenvalue weighted by atomic mass is 32.1. The van der Waals surface area contributed by atoms with Crippen LogP contribution in [0.3, 0.4) is 0 Å². The number of anilines is 2. The predicted molar refractivity (Wildman–Crippen MR) is 70.3 cm³/mol. The smallest absolute Gasteiger partial charge is 0.176 e. The molecule has 0 amide bonds. The van der Waals surface area contributed by atoms with E-state index < -0.39 is 0 Å². The zero-order chi connectivity index (χ0) is 12.8. The van der Waals surface area contributed by atoms with E-state index >= 15 is 0 Å². The number of ether oxygens (including phenoxy) is 2. The number of carbonyl (C=O) groups is 1. The van der Waals surface area contributed by atoms with E-state index in [9.17, 15) is 4.79 Å². The molecule has 1 aromatic heterocycles. The number of Topliss-reactive ketones (excluding diaryl/α,β-unsaturated/α-hetero) is 1. The zero-order valence-corrected chi connectivity index (χ0v) is 11.1. The molecule has 1 heterocycles. The number of nitrogens with two attached hydrogens (primary N) is 1. The van der Waals surface area contributed by atoms with Crippen LogP contribution in [0.2, 0.25) is 0 Å². The standard InChI is InChI=1S/C11H18N2O3S/c1-4-7(14)10-8(12)9(16-3)11(17-10)13-5-6-15-2/h13H,4-6,12H2,1-3H3. The molecule has 0 radical (unpaired) electrons. The zero-order valence-electron chi connectivity index (χ0n) is 10.3. The number of ketones is 1. The quantitative estimate of drug-likeness (QED) is 0.578. The Balaban J connectivity index is 2.92. The highest BCUT2D eigenvalue weighted by Gasteiger charge is 2.20. The van der Waals surface area contributed by atoms with Gasteiger partial charge in [0.15, 0.2) is 11.5 Å². The van der Waals surface area contributed by atoms with Crippen LogP contribution in [-0.2, 0) is 4.74 Å². The van der Waals surface area contributed by atoms with E-state index in [0.717, 1.165) is 5.00 Å². The third-order valence-corrected chi connectivity index (χ3v) is 3.46. The average Bonchev–Trinajstić information content (AvgIpc) is 2.65. The van der Waals surface area contributed by atoms with Crippen LogP contribution < -0.4 is 15.8 Å². The average molecular weight is 258 g/mol. The van der Waals surface area contributed by atoms with E-state index in [1.54, 1.807) is 14.2 Å². The summed E-state index contributed by atoms with van der Waals surface area (Å²) in [4.78, 5) is 12.2. The van der Waals surface area contributed by atoms with Gasteiger partial charge in [-0.1, -0.05) is 6.92 Å². The second kappa shape index (κ2) is 6.46. The van der Waals surface area contributed by atoms with Crippen LogP contribution >= 0.6 is 11.3 Å². The van der Waals surface area contributed by atoms with Gasteiger partial charge in [-0.25, -0.2) is 0 Å². The second-order valence-electron chi connectivity index (χ2n) is 3.40. The van der Waals surface area contributed by atoms with Gasteiger partial charge in [0.1, 0.15) is 5.00 Å². The van der Waals surface area contributed by atoms with Gasteiger partial charge in [-0.3, -0.25) is 4.79 Å². The molecular formula is C11H18N2O3S. The summed E-state index contributed by atoms with van der Waals surface area (Å²) in [6, 6.07) is 0. The highest BCUT2D eigenvalue weighted by molar-refractivity contribution is 7.19. The molecule has 0 bridgehead atoms. The van der Waals surface area contributed by atoms with Crippen molar-refractivity contribution in [3.05, 3.63) is 4.88 Å². The SMILES string of the molecule is CCC(=O)c1sc(NCCOC)c(OC)c1N. The maximum Gasteiger partial charge on any atom is 0.176 e. The molecule has 0 saturated heterocycles. The van der Waals surface area contributed by atoms with Crippen molar-refractivity contribution in [2.45, 2.75) is 13.3 Å². The Morgan fingerprint density at radius 1 is 1.47 bits per heavy atom. The molecule has 3 N–H and O–H groups in total. The van der Waals surface area contributed by atoms with Gasteiger partial charge in [0.2, 0.25) is 0 Å². The maximum absolute atomic E-state index is 11.7. The second-order valence-corrected chi connectivity index (χ2v) is 4.42. The van der Waals surface area contributed by atoms with Crippen molar-refractivity contribution >= 4 is 27.8 Å². The first kappa shape index (κ1) is 13.8. The van der Waals surface area contributed by atoms with Crippen LogP contribution in [0.15, 0.2) is 0 Å². The van der Waals surface area contributed by atoms with Gasteiger partial charge in [-0.05, 0) is 0 Å². The molecule has 0 atom stereocenters. The van der Waals surface area contributed by atoms with Gasteiger partial charge >= 0.3 is 0 Å². The van der Waals surface area contributed by atoms with Crippen molar-refractivity contribution < 1.29 is 14.3 Å². The van der Waals surface area contributed by atoms with E-state index in [0.29, 0.717) is 35.9 Å². The van der Waals surface area contributed by atoms with Crippen molar-refractivity contribution in [1.29, 1.82) is 0 Å². The summed E-state index contributed by atoms with van der Waals surface area (Å²) in [5, 5.41) is 3.92. The van der Waals surface area contributed by atoms with E-state index in [1.165, 1.54) is 11.3 Å². The monoisotopic (exact) mass is 258 g/mol. The Hall–Kier alpha value is -1.27. The van der Waals surface area contributed by atoms with Gasteiger partial charge in [-0.15, -0.1) is 11.3 Å². The molecule has 1 aromatic rings. The lowest BCUT2D eigenvalue weighted by molar-refractivity contribution is 0.0992. The first-order valence-corrected chi connectivity index (χ1v) is 6.19. The van der Waals surface area contributed by atoms with E-state index in [1.807, 2.05) is 6.92 Å². The molecular weight excluding hydrogens is 240 g/mol. The molecule has 0 spiro atoms. The lowest BCUT2D eigenvalue weighted by atomic mass is 10.2. The molecule has 0 aliphatic rings. The summed E-state index contributed by atoms with van der Waals surface area (Å²) in [5.74, 6) is 0.577. The topological polar surface area (TPSA) is 73.6 Å². The molecule has 1 rings (SSSR count). The largest absolute Gasteiger partial charge is 0.492 e. The molecule has 0 fully saturated rings. The van der Waals surface area contributed by atoms with Gasteiger partial charge in [0.25, 0.3) is 0 Å². The van der Waals surface area contributed by atoms with Crippen molar-refractivity contribution in [3.63, 3.8) is 0 Å². The van der Waals surface area contributed by atoms with Crippen molar-refractivity contribution in [3.8, 4) is 5.75 Å². The van der Waals surface area contributed by atoms with Gasteiger partial charge in [0, 0.05) is 20.1 Å².